The van der Waals surface area contributed by atoms with Crippen LogP contribution in [-0.2, 0) is 10.5 Å². The fourth-order valence-corrected chi connectivity index (χ4v) is 4.11. The maximum absolute atomic E-state index is 12.8. The van der Waals surface area contributed by atoms with Gasteiger partial charge in [-0.15, -0.1) is 11.8 Å². The number of thioether (sulfide) groups is 1. The second kappa shape index (κ2) is 7.94. The lowest BCUT2D eigenvalue weighted by molar-refractivity contribution is -0.407. The first-order chi connectivity index (χ1) is 12.8. The van der Waals surface area contributed by atoms with E-state index in [0.29, 0.717) is 39.8 Å². The van der Waals surface area contributed by atoms with Crippen LogP contribution in [0.5, 0.6) is 0 Å². The van der Waals surface area contributed by atoms with E-state index in [1.807, 2.05) is 24.3 Å². The van der Waals surface area contributed by atoms with E-state index >= 15 is 0 Å². The number of hydrogen-bond donors (Lipinski definition) is 0. The van der Waals surface area contributed by atoms with Gasteiger partial charge in [-0.2, -0.15) is 9.48 Å². The van der Waals surface area contributed by atoms with E-state index in [2.05, 4.69) is 23.8 Å². The number of amides is 3. The fourth-order valence-electron chi connectivity index (χ4n) is 2.93. The number of nitrogens with zero attached hydrogens (tertiary/aromatic N) is 4. The first-order valence-corrected chi connectivity index (χ1v) is 10.1. The molecule has 0 fully saturated rings. The molecule has 1 aromatic rings. The van der Waals surface area contributed by atoms with Gasteiger partial charge in [0.2, 0.25) is 5.84 Å². The van der Waals surface area contributed by atoms with Crippen molar-refractivity contribution < 1.29 is 14.2 Å². The molecule has 2 aliphatic heterocycles. The molecular formula is C19H22ClN4O2S+. The summed E-state index contributed by atoms with van der Waals surface area (Å²) < 4.78 is 1.45. The minimum atomic E-state index is -0.633. The second-order valence-electron chi connectivity index (χ2n) is 7.02. The monoisotopic (exact) mass is 405 g/mol. The number of benzene rings is 1. The van der Waals surface area contributed by atoms with Gasteiger partial charge in [0.05, 0.1) is 14.1 Å². The molecule has 0 aliphatic carbocycles. The summed E-state index contributed by atoms with van der Waals surface area (Å²) in [6.45, 7) is 4.17. The summed E-state index contributed by atoms with van der Waals surface area (Å²) in [5, 5.41) is 1.37. The summed E-state index contributed by atoms with van der Waals surface area (Å²) in [5.41, 5.74) is 1.09. The Morgan fingerprint density at radius 3 is 2.52 bits per heavy atom. The van der Waals surface area contributed by atoms with E-state index in [4.69, 9.17) is 11.6 Å². The Kier molecular flexibility index (Phi) is 5.81. The van der Waals surface area contributed by atoms with E-state index < -0.39 is 5.92 Å². The van der Waals surface area contributed by atoms with E-state index in [1.165, 1.54) is 23.4 Å². The quantitative estimate of drug-likeness (QED) is 0.717. The van der Waals surface area contributed by atoms with Gasteiger partial charge in [0.25, 0.3) is 5.84 Å². The smallest absolute Gasteiger partial charge is 0.255 e. The molecule has 3 amide bonds. The topological polar surface area (TPSA) is 65.1 Å². The van der Waals surface area contributed by atoms with Gasteiger partial charge in [-0.1, -0.05) is 42.6 Å². The Morgan fingerprint density at radius 1 is 1.22 bits per heavy atom. The van der Waals surface area contributed by atoms with Crippen molar-refractivity contribution >= 4 is 52.0 Å². The second-order valence-corrected chi connectivity index (χ2v) is 8.45. The zero-order chi connectivity index (χ0) is 19.7. The predicted octanol–water partition coefficient (Wildman–Crippen LogP) is 3.68. The molecule has 1 unspecified atom stereocenters. The predicted molar refractivity (Wildman–Crippen MR) is 110 cm³/mol. The van der Waals surface area contributed by atoms with E-state index in [-0.39, 0.29) is 11.9 Å². The van der Waals surface area contributed by atoms with Crippen LogP contribution in [0.4, 0.5) is 4.79 Å². The summed E-state index contributed by atoms with van der Waals surface area (Å²) >= 11 is 7.45. The van der Waals surface area contributed by atoms with Crippen LogP contribution >= 0.6 is 23.4 Å². The maximum atomic E-state index is 12.8. The number of hydrogen-bond acceptors (Lipinski definition) is 5. The van der Waals surface area contributed by atoms with Crippen LogP contribution in [0.25, 0.3) is 0 Å². The molecule has 27 heavy (non-hydrogen) atoms. The van der Waals surface area contributed by atoms with Crippen molar-refractivity contribution in [3.63, 3.8) is 0 Å². The number of urea groups is 1. The van der Waals surface area contributed by atoms with Gasteiger partial charge in [0.1, 0.15) is 5.04 Å². The van der Waals surface area contributed by atoms with Crippen LogP contribution in [0, 0.1) is 11.8 Å². The summed E-state index contributed by atoms with van der Waals surface area (Å²) in [4.78, 5) is 35.5. The average molecular weight is 406 g/mol. The lowest BCUT2D eigenvalue weighted by Gasteiger charge is -2.26. The highest BCUT2D eigenvalue weighted by molar-refractivity contribution is 8.13. The molecule has 0 radical (unpaired) electrons. The van der Waals surface area contributed by atoms with Crippen molar-refractivity contribution in [1.82, 2.24) is 4.90 Å². The molecular weight excluding hydrogens is 384 g/mol. The van der Waals surface area contributed by atoms with Crippen LogP contribution in [-0.4, -0.2) is 52.2 Å². The Labute approximate surface area is 168 Å². The van der Waals surface area contributed by atoms with Crippen molar-refractivity contribution in [2.45, 2.75) is 26.0 Å². The lowest BCUT2D eigenvalue weighted by Crippen LogP contribution is -2.54. The number of rotatable bonds is 4. The van der Waals surface area contributed by atoms with E-state index in [0.717, 1.165) is 10.5 Å². The Bertz CT molecular complexity index is 874. The van der Waals surface area contributed by atoms with E-state index in [9.17, 15) is 9.59 Å². The number of imide groups is 1. The SMILES string of the molecule is CC(C)CC1=NC2=[N+](C)C(=O)N(C)C(=O)C2C(SCc2ccc(Cl)cc2)=N1. The van der Waals surface area contributed by atoms with Crippen molar-refractivity contribution in [2.24, 2.45) is 21.8 Å². The molecule has 2 aliphatic rings. The molecule has 0 spiro atoms. The Balaban J connectivity index is 1.95. The fraction of sp³-hybridized carbons (Fsp3) is 0.421. The standard InChI is InChI=1S/C19H22ClN4O2S/c1-11(2)9-14-21-16-15(18(25)24(4)19(26)23(16)3)17(22-14)27-10-12-5-7-13(20)8-6-12/h5-8,11,15H,9-10H2,1-4H3/q+1. The third kappa shape index (κ3) is 4.14. The molecule has 0 saturated carbocycles. The largest absolute Gasteiger partial charge is 0.445 e. The van der Waals surface area contributed by atoms with Crippen LogP contribution in [0.1, 0.15) is 25.8 Å². The Morgan fingerprint density at radius 2 is 1.89 bits per heavy atom. The lowest BCUT2D eigenvalue weighted by atomic mass is 10.0. The maximum Gasteiger partial charge on any atom is 0.445 e. The van der Waals surface area contributed by atoms with E-state index in [1.54, 1.807) is 7.05 Å². The number of halogens is 1. The molecule has 1 atom stereocenters. The number of fused-ring (bicyclic) bond motifs is 1. The number of amidine groups is 2. The zero-order valence-electron chi connectivity index (χ0n) is 15.8. The molecule has 142 valence electrons. The van der Waals surface area contributed by atoms with Gasteiger partial charge in [-0.05, 0) is 23.6 Å². The third-order valence-electron chi connectivity index (χ3n) is 4.37. The van der Waals surface area contributed by atoms with Gasteiger partial charge in [0, 0.05) is 17.2 Å². The highest BCUT2D eigenvalue weighted by atomic mass is 35.5. The molecule has 8 heteroatoms. The molecule has 1 aromatic carbocycles. The van der Waals surface area contributed by atoms with Gasteiger partial charge >= 0.3 is 11.9 Å². The molecule has 2 heterocycles. The summed E-state index contributed by atoms with van der Waals surface area (Å²) in [6, 6.07) is 7.22. The van der Waals surface area contributed by atoms with Gasteiger partial charge in [0.15, 0.2) is 5.92 Å². The summed E-state index contributed by atoms with van der Waals surface area (Å²) in [5.74, 6) is 1.23. The zero-order valence-corrected chi connectivity index (χ0v) is 17.3. The van der Waals surface area contributed by atoms with Crippen molar-refractivity contribution in [3.8, 4) is 0 Å². The molecule has 0 aromatic heterocycles. The molecule has 0 bridgehead atoms. The van der Waals surface area contributed by atoms with Gasteiger partial charge in [-0.3, -0.25) is 4.79 Å². The number of carbonyl (C=O) groups is 2. The first kappa shape index (κ1) is 19.8. The van der Waals surface area contributed by atoms with Crippen molar-refractivity contribution in [3.05, 3.63) is 34.9 Å². The van der Waals surface area contributed by atoms with Crippen molar-refractivity contribution in [2.75, 3.05) is 14.1 Å². The summed E-state index contributed by atoms with van der Waals surface area (Å²) in [7, 11) is 3.14. The number of carbonyl (C=O) groups excluding carboxylic acids is 2. The molecule has 0 saturated heterocycles. The minimum absolute atomic E-state index is 0.289. The van der Waals surface area contributed by atoms with Gasteiger partial charge in [-0.25, -0.2) is 9.79 Å². The first-order valence-electron chi connectivity index (χ1n) is 8.73. The third-order valence-corrected chi connectivity index (χ3v) is 5.73. The van der Waals surface area contributed by atoms with Crippen LogP contribution in [0.15, 0.2) is 34.3 Å². The molecule has 0 N–H and O–H groups in total. The normalized spacial score (nSPS) is 20.1. The van der Waals surface area contributed by atoms with Crippen molar-refractivity contribution in [1.29, 1.82) is 0 Å². The minimum Gasteiger partial charge on any atom is -0.255 e. The average Bonchev–Trinajstić information content (AvgIpc) is 2.63. The highest BCUT2D eigenvalue weighted by Crippen LogP contribution is 2.28. The molecule has 3 rings (SSSR count). The van der Waals surface area contributed by atoms with Crippen LogP contribution in [0.3, 0.4) is 0 Å². The van der Waals surface area contributed by atoms with Gasteiger partial charge < -0.3 is 0 Å². The van der Waals surface area contributed by atoms with Crippen LogP contribution in [0.2, 0.25) is 5.02 Å². The number of aliphatic imine (C=N–C) groups is 2. The Hall–Kier alpha value is -1.99. The van der Waals surface area contributed by atoms with Crippen LogP contribution < -0.4 is 0 Å². The summed E-state index contributed by atoms with van der Waals surface area (Å²) in [6.07, 6.45) is 0.688. The highest BCUT2D eigenvalue weighted by Gasteiger charge is 2.49. The molecule has 6 nitrogen and oxygen atoms in total.